The van der Waals surface area contributed by atoms with Crippen LogP contribution in [-0.4, -0.2) is 23.5 Å². The number of ketones is 1. The molecule has 1 heterocycles. The summed E-state index contributed by atoms with van der Waals surface area (Å²) in [7, 11) is 0. The summed E-state index contributed by atoms with van der Waals surface area (Å²) in [4.78, 5) is 15.0. The van der Waals surface area contributed by atoms with Gasteiger partial charge in [-0.05, 0) is 26.0 Å². The van der Waals surface area contributed by atoms with Gasteiger partial charge in [-0.1, -0.05) is 0 Å². The van der Waals surface area contributed by atoms with Crippen molar-refractivity contribution < 1.29 is 13.9 Å². The summed E-state index contributed by atoms with van der Waals surface area (Å²) in [5, 5.41) is 0. The second-order valence-corrected chi connectivity index (χ2v) is 3.12. The van der Waals surface area contributed by atoms with E-state index in [1.807, 2.05) is 13.8 Å². The van der Waals surface area contributed by atoms with Crippen molar-refractivity contribution in [3.63, 3.8) is 0 Å². The summed E-state index contributed by atoms with van der Waals surface area (Å²) < 4.78 is 18.1. The van der Waals surface area contributed by atoms with Crippen molar-refractivity contribution in [1.82, 2.24) is 4.98 Å². The third kappa shape index (κ3) is 2.88. The number of carbonyl (C=O) groups is 1. The highest BCUT2D eigenvalue weighted by Crippen LogP contribution is 2.04. The van der Waals surface area contributed by atoms with Crippen LogP contribution in [0, 0.1) is 5.82 Å². The molecule has 0 N–H and O–H groups in total. The third-order valence-electron chi connectivity index (χ3n) is 1.57. The molecular formula is C10H12FNO2. The van der Waals surface area contributed by atoms with Gasteiger partial charge in [0.1, 0.15) is 12.3 Å². The Morgan fingerprint density at radius 2 is 2.36 bits per heavy atom. The monoisotopic (exact) mass is 197 g/mol. The molecule has 76 valence electrons. The van der Waals surface area contributed by atoms with Crippen LogP contribution in [0.3, 0.4) is 0 Å². The molecule has 1 rings (SSSR count). The third-order valence-corrected chi connectivity index (χ3v) is 1.57. The number of hydrogen-bond acceptors (Lipinski definition) is 3. The van der Waals surface area contributed by atoms with Gasteiger partial charge in [-0.2, -0.15) is 0 Å². The number of halogens is 1. The lowest BCUT2D eigenvalue weighted by Crippen LogP contribution is -2.15. The molecule has 1 aromatic rings. The average molecular weight is 197 g/mol. The topological polar surface area (TPSA) is 39.2 Å². The lowest BCUT2D eigenvalue weighted by Gasteiger charge is -2.06. The number of pyridine rings is 1. The maximum absolute atomic E-state index is 13.0. The van der Waals surface area contributed by atoms with Gasteiger partial charge in [-0.25, -0.2) is 9.37 Å². The van der Waals surface area contributed by atoms with Crippen molar-refractivity contribution >= 4 is 5.78 Å². The van der Waals surface area contributed by atoms with Crippen molar-refractivity contribution in [2.75, 3.05) is 6.61 Å². The molecule has 0 aromatic carbocycles. The molecular weight excluding hydrogens is 185 g/mol. The zero-order valence-corrected chi connectivity index (χ0v) is 8.16. The Labute approximate surface area is 81.9 Å². The first-order chi connectivity index (χ1) is 6.61. The largest absolute Gasteiger partial charge is 0.371 e. The molecule has 0 aliphatic heterocycles. The van der Waals surface area contributed by atoms with E-state index in [4.69, 9.17) is 4.74 Å². The Hall–Kier alpha value is -1.29. The zero-order chi connectivity index (χ0) is 10.6. The summed E-state index contributed by atoms with van der Waals surface area (Å²) in [6, 6.07) is 2.64. The molecule has 1 aromatic heterocycles. The first-order valence-electron chi connectivity index (χ1n) is 4.36. The van der Waals surface area contributed by atoms with E-state index in [0.29, 0.717) is 0 Å². The Morgan fingerprint density at radius 3 is 2.93 bits per heavy atom. The van der Waals surface area contributed by atoms with Crippen molar-refractivity contribution in [2.24, 2.45) is 0 Å². The minimum absolute atomic E-state index is 0.0503. The molecule has 0 unspecified atom stereocenters. The molecule has 0 radical (unpaired) electrons. The Kier molecular flexibility index (Phi) is 3.71. The Morgan fingerprint density at radius 1 is 1.64 bits per heavy atom. The molecule has 0 amide bonds. The Bertz CT molecular complexity index is 326. The predicted octanol–water partition coefficient (Wildman–Crippen LogP) is 1.83. The number of carbonyl (C=O) groups excluding carboxylic acids is 1. The number of Topliss-reactive ketones (excluding diaryl/α,β-unsaturated/α-hetero) is 1. The van der Waals surface area contributed by atoms with Crippen molar-refractivity contribution in [3.8, 4) is 0 Å². The molecule has 0 bridgehead atoms. The smallest absolute Gasteiger partial charge is 0.209 e. The highest BCUT2D eigenvalue weighted by molar-refractivity contribution is 5.95. The van der Waals surface area contributed by atoms with E-state index in [9.17, 15) is 9.18 Å². The van der Waals surface area contributed by atoms with Gasteiger partial charge >= 0.3 is 0 Å². The molecule has 0 aliphatic rings. The lowest BCUT2D eigenvalue weighted by atomic mass is 10.2. The van der Waals surface area contributed by atoms with Gasteiger partial charge in [0.2, 0.25) is 5.78 Å². The van der Waals surface area contributed by atoms with Gasteiger partial charge in [-0.15, -0.1) is 0 Å². The van der Waals surface area contributed by atoms with Crippen LogP contribution in [-0.2, 0) is 4.74 Å². The quantitative estimate of drug-likeness (QED) is 0.691. The number of hydrogen-bond donors (Lipinski definition) is 0. The fourth-order valence-corrected chi connectivity index (χ4v) is 0.902. The van der Waals surface area contributed by atoms with Crippen LogP contribution >= 0.6 is 0 Å². The summed E-state index contributed by atoms with van der Waals surface area (Å²) in [5.74, 6) is -1.04. The fraction of sp³-hybridized carbons (Fsp3) is 0.400. The van der Waals surface area contributed by atoms with Crippen molar-refractivity contribution in [2.45, 2.75) is 20.0 Å². The normalized spacial score (nSPS) is 10.6. The standard InChI is InChI=1S/C10H12FNO2/c1-7(2)14-6-9(13)10-8(11)4-3-5-12-10/h3-5,7H,6H2,1-2H3. The first-order valence-corrected chi connectivity index (χ1v) is 4.36. The summed E-state index contributed by atoms with van der Waals surface area (Å²) in [5.41, 5.74) is -0.159. The van der Waals surface area contributed by atoms with Crippen LogP contribution in [0.4, 0.5) is 4.39 Å². The van der Waals surface area contributed by atoms with Gasteiger partial charge in [0.05, 0.1) is 6.10 Å². The van der Waals surface area contributed by atoms with Gasteiger partial charge in [0, 0.05) is 6.20 Å². The van der Waals surface area contributed by atoms with Gasteiger partial charge in [0.15, 0.2) is 5.82 Å². The van der Waals surface area contributed by atoms with E-state index in [2.05, 4.69) is 4.98 Å². The predicted molar refractivity (Wildman–Crippen MR) is 49.6 cm³/mol. The van der Waals surface area contributed by atoms with E-state index < -0.39 is 11.6 Å². The number of ether oxygens (including phenoxy) is 1. The SMILES string of the molecule is CC(C)OCC(=O)c1ncccc1F. The van der Waals surface area contributed by atoms with Crippen molar-refractivity contribution in [1.29, 1.82) is 0 Å². The minimum Gasteiger partial charge on any atom is -0.371 e. The van der Waals surface area contributed by atoms with E-state index >= 15 is 0 Å². The molecule has 0 spiro atoms. The molecule has 4 heteroatoms. The highest BCUT2D eigenvalue weighted by Gasteiger charge is 2.12. The van der Waals surface area contributed by atoms with E-state index in [-0.39, 0.29) is 18.4 Å². The maximum atomic E-state index is 13.0. The van der Waals surface area contributed by atoms with Crippen LogP contribution in [0.2, 0.25) is 0 Å². The minimum atomic E-state index is -0.607. The van der Waals surface area contributed by atoms with Crippen LogP contribution < -0.4 is 0 Å². The van der Waals surface area contributed by atoms with Crippen molar-refractivity contribution in [3.05, 3.63) is 29.8 Å². The van der Waals surface area contributed by atoms with Crippen LogP contribution in [0.25, 0.3) is 0 Å². The number of aromatic nitrogens is 1. The van der Waals surface area contributed by atoms with E-state index in [0.717, 1.165) is 0 Å². The van der Waals surface area contributed by atoms with Gasteiger partial charge in [0.25, 0.3) is 0 Å². The molecule has 0 saturated carbocycles. The molecule has 0 aliphatic carbocycles. The average Bonchev–Trinajstić information content (AvgIpc) is 2.15. The van der Waals surface area contributed by atoms with Gasteiger partial charge in [-0.3, -0.25) is 4.79 Å². The number of nitrogens with zero attached hydrogens (tertiary/aromatic N) is 1. The Balaban J connectivity index is 2.65. The van der Waals surface area contributed by atoms with Crippen LogP contribution in [0.15, 0.2) is 18.3 Å². The second-order valence-electron chi connectivity index (χ2n) is 3.12. The summed E-state index contributed by atoms with van der Waals surface area (Å²) in [6.07, 6.45) is 1.33. The molecule has 14 heavy (non-hydrogen) atoms. The molecule has 3 nitrogen and oxygen atoms in total. The van der Waals surface area contributed by atoms with E-state index in [1.165, 1.54) is 18.3 Å². The lowest BCUT2D eigenvalue weighted by molar-refractivity contribution is 0.0577. The van der Waals surface area contributed by atoms with Crippen LogP contribution in [0.1, 0.15) is 24.3 Å². The highest BCUT2D eigenvalue weighted by atomic mass is 19.1. The maximum Gasteiger partial charge on any atom is 0.209 e. The first kappa shape index (κ1) is 10.8. The molecule has 0 saturated heterocycles. The summed E-state index contributed by atoms with van der Waals surface area (Å²) in [6.45, 7) is 3.48. The summed E-state index contributed by atoms with van der Waals surface area (Å²) >= 11 is 0. The zero-order valence-electron chi connectivity index (χ0n) is 8.16. The fourth-order valence-electron chi connectivity index (χ4n) is 0.902. The molecule has 0 fully saturated rings. The van der Waals surface area contributed by atoms with E-state index in [1.54, 1.807) is 0 Å². The van der Waals surface area contributed by atoms with Crippen LogP contribution in [0.5, 0.6) is 0 Å². The number of rotatable bonds is 4. The van der Waals surface area contributed by atoms with Gasteiger partial charge < -0.3 is 4.74 Å². The second kappa shape index (κ2) is 4.81. The molecule has 0 atom stereocenters.